The minimum Gasteiger partial charge on any atom is -0.241 e. The van der Waals surface area contributed by atoms with E-state index in [1.54, 1.807) is 23.0 Å². The summed E-state index contributed by atoms with van der Waals surface area (Å²) in [5, 5.41) is 4.33. The van der Waals surface area contributed by atoms with Crippen LogP contribution in [0.3, 0.4) is 0 Å². The molecule has 2 aromatic carbocycles. The van der Waals surface area contributed by atoms with Gasteiger partial charge in [-0.3, -0.25) is 0 Å². The van der Waals surface area contributed by atoms with Crippen LogP contribution in [0.4, 0.5) is 0 Å². The predicted molar refractivity (Wildman–Crippen MR) is 96.7 cm³/mol. The van der Waals surface area contributed by atoms with Crippen molar-refractivity contribution in [1.82, 2.24) is 14.5 Å². The van der Waals surface area contributed by atoms with Gasteiger partial charge >= 0.3 is 0 Å². The molecule has 0 spiro atoms. The number of nitrogens with zero attached hydrogens (tertiary/aromatic N) is 2. The van der Waals surface area contributed by atoms with Crippen LogP contribution in [0, 0.1) is 0 Å². The number of aromatic nitrogens is 2. The lowest BCUT2D eigenvalue weighted by Gasteiger charge is -2.10. The van der Waals surface area contributed by atoms with Gasteiger partial charge in [-0.25, -0.2) is 17.8 Å². The molecule has 0 saturated carbocycles. The van der Waals surface area contributed by atoms with Crippen LogP contribution in [0.5, 0.6) is 0 Å². The highest BCUT2D eigenvalue weighted by atomic mass is 79.9. The summed E-state index contributed by atoms with van der Waals surface area (Å²) >= 11 is 9.29. The maximum atomic E-state index is 12.4. The first-order valence-corrected chi connectivity index (χ1v) is 9.65. The highest BCUT2D eigenvalue weighted by molar-refractivity contribution is 9.10. The molecular weight excluding hydrogens is 414 g/mol. The summed E-state index contributed by atoms with van der Waals surface area (Å²) in [6.07, 6.45) is 3.51. The van der Waals surface area contributed by atoms with Crippen molar-refractivity contribution in [3.63, 3.8) is 0 Å². The largest absolute Gasteiger partial charge is 0.242 e. The number of rotatable bonds is 5. The number of benzene rings is 2. The van der Waals surface area contributed by atoms with Gasteiger partial charge in [0.15, 0.2) is 0 Å². The molecule has 8 heteroatoms. The minimum absolute atomic E-state index is 0.0515. The molecule has 0 saturated heterocycles. The lowest BCUT2D eigenvalue weighted by Crippen LogP contribution is -2.23. The molecule has 24 heavy (non-hydrogen) atoms. The number of nitrogens with one attached hydrogen (secondary N) is 1. The van der Waals surface area contributed by atoms with Gasteiger partial charge in [-0.2, -0.15) is 5.10 Å². The molecule has 0 amide bonds. The van der Waals surface area contributed by atoms with E-state index in [2.05, 4.69) is 25.8 Å². The summed E-state index contributed by atoms with van der Waals surface area (Å²) < 4.78 is 29.8. The summed E-state index contributed by atoms with van der Waals surface area (Å²) in [6, 6.07) is 14.0. The van der Waals surface area contributed by atoms with E-state index in [1.807, 2.05) is 36.5 Å². The van der Waals surface area contributed by atoms with Crippen molar-refractivity contribution in [3.8, 4) is 5.69 Å². The molecule has 0 atom stereocenters. The average molecular weight is 427 g/mol. The Balaban J connectivity index is 1.79. The maximum Gasteiger partial charge on any atom is 0.242 e. The van der Waals surface area contributed by atoms with Crippen LogP contribution in [0.25, 0.3) is 5.69 Å². The van der Waals surface area contributed by atoms with Crippen LogP contribution in [0.1, 0.15) is 5.56 Å². The summed E-state index contributed by atoms with van der Waals surface area (Å²) in [4.78, 5) is 0.0515. The summed E-state index contributed by atoms with van der Waals surface area (Å²) in [7, 11) is -3.70. The molecule has 1 aromatic heterocycles. The van der Waals surface area contributed by atoms with Gasteiger partial charge in [0, 0.05) is 23.4 Å². The number of sulfonamides is 1. The number of halogens is 2. The van der Waals surface area contributed by atoms with E-state index < -0.39 is 10.0 Å². The first kappa shape index (κ1) is 17.2. The van der Waals surface area contributed by atoms with Gasteiger partial charge in [0.05, 0.1) is 10.7 Å². The van der Waals surface area contributed by atoms with Gasteiger partial charge in [0.25, 0.3) is 0 Å². The van der Waals surface area contributed by atoms with Crippen molar-refractivity contribution in [1.29, 1.82) is 0 Å². The van der Waals surface area contributed by atoms with Crippen LogP contribution in [0.2, 0.25) is 5.02 Å². The molecule has 3 aromatic rings. The summed E-state index contributed by atoms with van der Waals surface area (Å²) in [5.41, 5.74) is 1.68. The molecule has 0 aliphatic rings. The van der Waals surface area contributed by atoms with Crippen molar-refractivity contribution < 1.29 is 8.42 Å². The molecule has 0 aliphatic carbocycles. The van der Waals surface area contributed by atoms with E-state index in [0.29, 0.717) is 0 Å². The molecule has 3 rings (SSSR count). The third kappa shape index (κ3) is 3.87. The second kappa shape index (κ2) is 7.06. The molecule has 0 bridgehead atoms. The normalized spacial score (nSPS) is 11.6. The molecule has 0 radical (unpaired) electrons. The van der Waals surface area contributed by atoms with Crippen molar-refractivity contribution in [3.05, 3.63) is 76.0 Å². The zero-order chi connectivity index (χ0) is 17.2. The highest BCUT2D eigenvalue weighted by Crippen LogP contribution is 2.25. The van der Waals surface area contributed by atoms with Crippen molar-refractivity contribution in [2.24, 2.45) is 0 Å². The fraction of sp³-hybridized carbons (Fsp3) is 0.0625. The second-order valence-corrected chi connectivity index (χ2v) is 8.08. The Bertz CT molecular complexity index is 959. The van der Waals surface area contributed by atoms with Crippen molar-refractivity contribution in [2.75, 3.05) is 0 Å². The Kier molecular flexibility index (Phi) is 5.05. The smallest absolute Gasteiger partial charge is 0.241 e. The molecule has 0 fully saturated rings. The van der Waals surface area contributed by atoms with E-state index in [9.17, 15) is 8.42 Å². The van der Waals surface area contributed by atoms with Crippen molar-refractivity contribution in [2.45, 2.75) is 11.4 Å². The molecule has 0 unspecified atom stereocenters. The molecule has 1 heterocycles. The van der Waals surface area contributed by atoms with Crippen LogP contribution in [-0.4, -0.2) is 18.2 Å². The van der Waals surface area contributed by atoms with Gasteiger partial charge in [0.1, 0.15) is 4.90 Å². The minimum atomic E-state index is -3.70. The third-order valence-electron chi connectivity index (χ3n) is 3.33. The Morgan fingerprint density at radius 1 is 1.17 bits per heavy atom. The Hall–Kier alpha value is -1.67. The van der Waals surface area contributed by atoms with Crippen LogP contribution >= 0.6 is 27.5 Å². The van der Waals surface area contributed by atoms with E-state index in [0.717, 1.165) is 15.7 Å². The SMILES string of the molecule is O=S(=O)(NCc1cccc(-n2cccn2)c1)c1ccc(Br)cc1Cl. The van der Waals surface area contributed by atoms with E-state index >= 15 is 0 Å². The van der Waals surface area contributed by atoms with E-state index in [-0.39, 0.29) is 16.5 Å². The Labute approximate surface area is 153 Å². The molecular formula is C16H13BrClN3O2S. The lowest BCUT2D eigenvalue weighted by molar-refractivity contribution is 0.581. The molecule has 5 nitrogen and oxygen atoms in total. The van der Waals surface area contributed by atoms with Crippen LogP contribution in [-0.2, 0) is 16.6 Å². The number of hydrogen-bond acceptors (Lipinski definition) is 3. The zero-order valence-corrected chi connectivity index (χ0v) is 15.5. The van der Waals surface area contributed by atoms with Crippen LogP contribution < -0.4 is 4.72 Å². The maximum absolute atomic E-state index is 12.4. The van der Waals surface area contributed by atoms with Gasteiger partial charge < -0.3 is 0 Å². The fourth-order valence-corrected chi connectivity index (χ4v) is 4.23. The molecule has 1 N–H and O–H groups in total. The topological polar surface area (TPSA) is 64.0 Å². The lowest BCUT2D eigenvalue weighted by atomic mass is 10.2. The third-order valence-corrected chi connectivity index (χ3v) is 5.71. The quantitative estimate of drug-likeness (QED) is 0.675. The van der Waals surface area contributed by atoms with Gasteiger partial charge in [-0.05, 0) is 42.0 Å². The monoisotopic (exact) mass is 425 g/mol. The predicted octanol–water partition coefficient (Wildman–Crippen LogP) is 3.77. The standard InChI is InChI=1S/C16H13BrClN3O2S/c17-13-5-6-16(15(18)10-13)24(22,23)20-11-12-3-1-4-14(9-12)21-8-2-7-19-21/h1-10,20H,11H2. The highest BCUT2D eigenvalue weighted by Gasteiger charge is 2.17. The Morgan fingerprint density at radius 2 is 2.00 bits per heavy atom. The summed E-state index contributed by atoms with van der Waals surface area (Å²) in [6.45, 7) is 0.157. The van der Waals surface area contributed by atoms with Gasteiger partial charge in [0.2, 0.25) is 10.0 Å². The zero-order valence-electron chi connectivity index (χ0n) is 12.4. The number of hydrogen-bond donors (Lipinski definition) is 1. The fourth-order valence-electron chi connectivity index (χ4n) is 2.18. The molecule has 124 valence electrons. The van der Waals surface area contributed by atoms with Crippen LogP contribution in [0.15, 0.2) is 70.3 Å². The van der Waals surface area contributed by atoms with E-state index in [1.165, 1.54) is 6.07 Å². The van der Waals surface area contributed by atoms with Gasteiger partial charge in [-0.15, -0.1) is 0 Å². The molecule has 0 aliphatic heterocycles. The Morgan fingerprint density at radius 3 is 2.71 bits per heavy atom. The van der Waals surface area contributed by atoms with Crippen molar-refractivity contribution >= 4 is 37.6 Å². The van der Waals surface area contributed by atoms with Gasteiger partial charge in [-0.1, -0.05) is 39.7 Å². The second-order valence-electron chi connectivity index (χ2n) is 5.02. The van der Waals surface area contributed by atoms with E-state index in [4.69, 9.17) is 11.6 Å². The first-order valence-electron chi connectivity index (χ1n) is 6.99. The summed E-state index contributed by atoms with van der Waals surface area (Å²) in [5.74, 6) is 0. The first-order chi connectivity index (χ1) is 11.5. The average Bonchev–Trinajstić information content (AvgIpc) is 3.07.